The number of methoxy groups -OCH3 is 1. The van der Waals surface area contributed by atoms with Gasteiger partial charge in [-0.3, -0.25) is 10.1 Å². The van der Waals surface area contributed by atoms with Gasteiger partial charge in [0.2, 0.25) is 0 Å². The third kappa shape index (κ3) is 4.50. The Morgan fingerprint density at radius 2 is 2.00 bits per heavy atom. The minimum atomic E-state index is -3.82. The monoisotopic (exact) mass is 475 g/mol. The molecule has 2 N–H and O–H groups in total. The van der Waals surface area contributed by atoms with Gasteiger partial charge >= 0.3 is 6.03 Å². The Hall–Kier alpha value is -3.25. The number of carbonyl (C=O) groups is 2. The summed E-state index contributed by atoms with van der Waals surface area (Å²) >= 11 is 0.807. The molecule has 0 bridgehead atoms. The Labute approximate surface area is 188 Å². The number of anilines is 2. The molecule has 1 saturated carbocycles. The molecule has 2 heterocycles. The first-order valence-corrected chi connectivity index (χ1v) is 12.1. The second-order valence-corrected chi connectivity index (χ2v) is 10.3. The van der Waals surface area contributed by atoms with Crippen LogP contribution in [0.1, 0.15) is 36.0 Å². The van der Waals surface area contributed by atoms with Gasteiger partial charge in [-0.05, 0) is 31.0 Å². The topological polar surface area (TPSA) is 132 Å². The molecule has 4 rings (SSSR count). The lowest BCUT2D eigenvalue weighted by Crippen LogP contribution is -2.22. The zero-order valence-electron chi connectivity index (χ0n) is 17.1. The Balaban J connectivity index is 1.50. The normalized spacial score (nSPS) is 14.3. The van der Waals surface area contributed by atoms with Crippen molar-refractivity contribution in [2.75, 3.05) is 17.7 Å². The number of imidazole rings is 1. The summed E-state index contributed by atoms with van der Waals surface area (Å²) in [6.45, 7) is 0. The molecule has 1 aliphatic carbocycles. The molecule has 0 aliphatic heterocycles. The summed E-state index contributed by atoms with van der Waals surface area (Å²) in [6, 6.07) is 4.24. The lowest BCUT2D eigenvalue weighted by molar-refractivity contribution is 0.0923. The van der Waals surface area contributed by atoms with Gasteiger partial charge < -0.3 is 10.1 Å². The van der Waals surface area contributed by atoms with Gasteiger partial charge in [0.15, 0.2) is 15.1 Å². The van der Waals surface area contributed by atoms with E-state index in [1.54, 1.807) is 18.2 Å². The molecule has 2 aromatic heterocycles. The van der Waals surface area contributed by atoms with Crippen LogP contribution in [0.3, 0.4) is 0 Å². The van der Waals surface area contributed by atoms with E-state index in [4.69, 9.17) is 4.74 Å². The van der Waals surface area contributed by atoms with E-state index in [-0.39, 0.29) is 21.0 Å². The van der Waals surface area contributed by atoms with Gasteiger partial charge in [-0.2, -0.15) is 8.42 Å². The third-order valence-corrected chi connectivity index (χ3v) is 8.16. The van der Waals surface area contributed by atoms with E-state index in [2.05, 4.69) is 20.6 Å². The molecule has 0 unspecified atom stereocenters. The molecule has 168 valence electrons. The number of aromatic nitrogens is 3. The number of ketones is 1. The number of thiazole rings is 1. The lowest BCUT2D eigenvalue weighted by atomic mass is 9.95. The van der Waals surface area contributed by atoms with Gasteiger partial charge in [0.25, 0.3) is 10.0 Å². The molecule has 1 aromatic carbocycles. The molecule has 32 heavy (non-hydrogen) atoms. The van der Waals surface area contributed by atoms with Crippen molar-refractivity contribution in [1.29, 1.82) is 0 Å². The summed E-state index contributed by atoms with van der Waals surface area (Å²) in [5.41, 5.74) is 0.733. The standard InChI is InChI=1S/C20H21N5O5S2/c1-30-14-6-7-16(15(10-14)18(26)13-4-2-3-5-13)23-19(27)24-20-22-11-17(31-20)32(28,29)25-9-8-21-12-25/h6-13H,2-5H2,1H3,(H2,22,23,24,27). The number of nitrogens with zero attached hydrogens (tertiary/aromatic N) is 3. The lowest BCUT2D eigenvalue weighted by Gasteiger charge is -2.15. The highest BCUT2D eigenvalue weighted by molar-refractivity contribution is 7.92. The maximum absolute atomic E-state index is 13.0. The first kappa shape index (κ1) is 22.0. The van der Waals surface area contributed by atoms with Crippen LogP contribution < -0.4 is 15.4 Å². The largest absolute Gasteiger partial charge is 0.497 e. The number of hydrogen-bond donors (Lipinski definition) is 2. The smallest absolute Gasteiger partial charge is 0.325 e. The number of hydrogen-bond acceptors (Lipinski definition) is 8. The third-order valence-electron chi connectivity index (χ3n) is 5.18. The minimum Gasteiger partial charge on any atom is -0.497 e. The van der Waals surface area contributed by atoms with E-state index in [0.717, 1.165) is 47.2 Å². The summed E-state index contributed by atoms with van der Waals surface area (Å²) in [7, 11) is -2.31. The number of Topliss-reactive ketones (excluding diaryl/α,β-unsaturated/α-hetero) is 1. The number of rotatable bonds is 7. The number of nitrogens with one attached hydrogen (secondary N) is 2. The summed E-state index contributed by atoms with van der Waals surface area (Å²) in [6.07, 6.45) is 8.67. The predicted octanol–water partition coefficient (Wildman–Crippen LogP) is 3.60. The van der Waals surface area contributed by atoms with Crippen LogP contribution in [0, 0.1) is 5.92 Å². The SMILES string of the molecule is COc1ccc(NC(=O)Nc2ncc(S(=O)(=O)n3ccnc3)s2)c(C(=O)C2CCCC2)c1. The highest BCUT2D eigenvalue weighted by Gasteiger charge is 2.27. The van der Waals surface area contributed by atoms with E-state index in [1.165, 1.54) is 25.8 Å². The predicted molar refractivity (Wildman–Crippen MR) is 119 cm³/mol. The van der Waals surface area contributed by atoms with Crippen molar-refractivity contribution in [3.05, 3.63) is 48.7 Å². The van der Waals surface area contributed by atoms with Crippen LogP contribution in [0.15, 0.2) is 47.3 Å². The summed E-state index contributed by atoms with van der Waals surface area (Å²) in [5.74, 6) is 0.423. The van der Waals surface area contributed by atoms with Gasteiger partial charge in [0.1, 0.15) is 12.1 Å². The Kier molecular flexibility index (Phi) is 6.24. The summed E-state index contributed by atoms with van der Waals surface area (Å²) in [5, 5.41) is 5.28. The second-order valence-electron chi connectivity index (χ2n) is 7.22. The molecule has 0 atom stereocenters. The van der Waals surface area contributed by atoms with E-state index in [0.29, 0.717) is 17.0 Å². The van der Waals surface area contributed by atoms with Crippen LogP contribution in [0.25, 0.3) is 0 Å². The van der Waals surface area contributed by atoms with Crippen molar-refractivity contribution in [3.63, 3.8) is 0 Å². The molecule has 12 heteroatoms. The second kappa shape index (κ2) is 9.09. The number of amides is 2. The average Bonchev–Trinajstić information content (AvgIpc) is 3.56. The van der Waals surface area contributed by atoms with Crippen molar-refractivity contribution in [1.82, 2.24) is 13.9 Å². The summed E-state index contributed by atoms with van der Waals surface area (Å²) < 4.78 is 31.2. The summed E-state index contributed by atoms with van der Waals surface area (Å²) in [4.78, 5) is 33.2. The van der Waals surface area contributed by atoms with Crippen LogP contribution in [-0.2, 0) is 10.0 Å². The maximum Gasteiger partial charge on any atom is 0.325 e. The zero-order chi connectivity index (χ0) is 22.7. The Morgan fingerprint density at radius 3 is 2.69 bits per heavy atom. The minimum absolute atomic E-state index is 0.0281. The molecule has 0 radical (unpaired) electrons. The zero-order valence-corrected chi connectivity index (χ0v) is 18.8. The molecule has 10 nitrogen and oxygen atoms in total. The van der Waals surface area contributed by atoms with Crippen molar-refractivity contribution in [2.24, 2.45) is 5.92 Å². The number of benzene rings is 1. The van der Waals surface area contributed by atoms with Gasteiger partial charge in [-0.1, -0.05) is 24.2 Å². The van der Waals surface area contributed by atoms with Crippen LogP contribution in [0.2, 0.25) is 0 Å². The van der Waals surface area contributed by atoms with Crippen LogP contribution in [0.4, 0.5) is 15.6 Å². The van der Waals surface area contributed by atoms with Crippen LogP contribution in [0.5, 0.6) is 5.75 Å². The molecular weight excluding hydrogens is 454 g/mol. The average molecular weight is 476 g/mol. The van der Waals surface area contributed by atoms with E-state index >= 15 is 0 Å². The van der Waals surface area contributed by atoms with Crippen LogP contribution >= 0.6 is 11.3 Å². The van der Waals surface area contributed by atoms with Gasteiger partial charge in [0, 0.05) is 23.9 Å². The first-order chi connectivity index (χ1) is 15.4. The fourth-order valence-electron chi connectivity index (χ4n) is 3.55. The van der Waals surface area contributed by atoms with E-state index < -0.39 is 16.1 Å². The fourth-order valence-corrected chi connectivity index (χ4v) is 5.80. The number of urea groups is 1. The van der Waals surface area contributed by atoms with Gasteiger partial charge in [0.05, 0.1) is 19.0 Å². The molecule has 1 fully saturated rings. The first-order valence-electron chi connectivity index (χ1n) is 9.88. The Morgan fingerprint density at radius 1 is 1.22 bits per heavy atom. The molecule has 3 aromatic rings. The molecular formula is C20H21N5O5S2. The molecule has 0 saturated heterocycles. The van der Waals surface area contributed by atoms with E-state index in [1.807, 2.05) is 0 Å². The van der Waals surface area contributed by atoms with Crippen molar-refractivity contribution >= 4 is 44.0 Å². The molecule has 1 aliphatic rings. The van der Waals surface area contributed by atoms with Crippen molar-refractivity contribution in [3.8, 4) is 5.75 Å². The molecule has 2 amide bonds. The van der Waals surface area contributed by atoms with Crippen LogP contribution in [-0.4, -0.2) is 41.3 Å². The van der Waals surface area contributed by atoms with Gasteiger partial charge in [-0.15, -0.1) is 0 Å². The number of carbonyl (C=O) groups excluding carboxylic acids is 2. The molecule has 0 spiro atoms. The van der Waals surface area contributed by atoms with Gasteiger partial charge in [-0.25, -0.2) is 18.7 Å². The number of ether oxygens (including phenoxy) is 1. The van der Waals surface area contributed by atoms with Crippen molar-refractivity contribution < 1.29 is 22.7 Å². The quantitative estimate of drug-likeness (QED) is 0.499. The highest BCUT2D eigenvalue weighted by atomic mass is 32.2. The van der Waals surface area contributed by atoms with E-state index in [9.17, 15) is 18.0 Å². The highest BCUT2D eigenvalue weighted by Crippen LogP contribution is 2.32. The maximum atomic E-state index is 13.0. The Bertz CT molecular complexity index is 1230. The van der Waals surface area contributed by atoms with Crippen molar-refractivity contribution in [2.45, 2.75) is 29.9 Å². The fraction of sp³-hybridized carbons (Fsp3) is 0.300.